The second kappa shape index (κ2) is 4.95. The molecule has 0 bridgehead atoms. The van der Waals surface area contributed by atoms with Crippen LogP contribution in [-0.2, 0) is 0 Å². The normalized spacial score (nSPS) is 10.4. The third-order valence-electron chi connectivity index (χ3n) is 1.81. The second-order valence-corrected chi connectivity index (χ2v) is 5.90. The van der Waals surface area contributed by atoms with Gasteiger partial charge in [0.1, 0.15) is 5.01 Å². The topological polar surface area (TPSA) is 42.9 Å². The average molecular weight is 271 g/mol. The maximum atomic E-state index is 10.6. The van der Waals surface area contributed by atoms with Crippen LogP contribution in [0.1, 0.15) is 15.4 Å². The highest BCUT2D eigenvalue weighted by molar-refractivity contribution is 8.01. The van der Waals surface area contributed by atoms with Gasteiger partial charge in [0, 0.05) is 10.5 Å². The zero-order valence-electron chi connectivity index (χ0n) is 8.31. The van der Waals surface area contributed by atoms with Crippen molar-refractivity contribution in [1.82, 2.24) is 10.2 Å². The van der Waals surface area contributed by atoms with Crippen molar-refractivity contribution in [1.29, 1.82) is 0 Å². The van der Waals surface area contributed by atoms with Gasteiger partial charge in [-0.05, 0) is 25.1 Å². The largest absolute Gasteiger partial charge is 0.298 e. The Balaban J connectivity index is 2.22. The Labute approximate surface area is 106 Å². The van der Waals surface area contributed by atoms with Gasteiger partial charge in [0.05, 0.1) is 5.02 Å². The highest BCUT2D eigenvalue weighted by Crippen LogP contribution is 2.32. The molecule has 0 aliphatic heterocycles. The van der Waals surface area contributed by atoms with E-state index in [9.17, 15) is 4.79 Å². The summed E-state index contributed by atoms with van der Waals surface area (Å²) in [4.78, 5) is 11.5. The van der Waals surface area contributed by atoms with Crippen LogP contribution in [-0.4, -0.2) is 16.5 Å². The van der Waals surface area contributed by atoms with Crippen LogP contribution in [0, 0.1) is 6.92 Å². The van der Waals surface area contributed by atoms with Crippen LogP contribution >= 0.6 is 34.7 Å². The highest BCUT2D eigenvalue weighted by atomic mass is 35.5. The van der Waals surface area contributed by atoms with Crippen molar-refractivity contribution in [2.75, 3.05) is 0 Å². The zero-order valence-corrected chi connectivity index (χ0v) is 10.7. The third kappa shape index (κ3) is 2.61. The van der Waals surface area contributed by atoms with E-state index in [1.807, 2.05) is 13.0 Å². The van der Waals surface area contributed by atoms with Crippen molar-refractivity contribution < 1.29 is 4.79 Å². The molecular formula is C10H7ClN2OS2. The highest BCUT2D eigenvalue weighted by Gasteiger charge is 2.05. The molecule has 0 unspecified atom stereocenters. The first-order valence-corrected chi connectivity index (χ1v) is 6.43. The summed E-state index contributed by atoms with van der Waals surface area (Å²) in [7, 11) is 0. The van der Waals surface area contributed by atoms with Crippen LogP contribution in [0.4, 0.5) is 0 Å². The smallest absolute Gasteiger partial charge is 0.179 e. The van der Waals surface area contributed by atoms with Crippen molar-refractivity contribution in [2.24, 2.45) is 0 Å². The van der Waals surface area contributed by atoms with E-state index in [1.54, 1.807) is 12.1 Å². The summed E-state index contributed by atoms with van der Waals surface area (Å²) >= 11 is 8.94. The lowest BCUT2D eigenvalue weighted by Gasteiger charge is -1.99. The Morgan fingerprint density at radius 2 is 2.25 bits per heavy atom. The van der Waals surface area contributed by atoms with Gasteiger partial charge >= 0.3 is 0 Å². The van der Waals surface area contributed by atoms with E-state index < -0.39 is 0 Å². The Kier molecular flexibility index (Phi) is 3.58. The molecule has 0 aliphatic carbocycles. The van der Waals surface area contributed by atoms with Gasteiger partial charge in [-0.3, -0.25) is 4.79 Å². The van der Waals surface area contributed by atoms with Crippen LogP contribution in [0.25, 0.3) is 0 Å². The maximum absolute atomic E-state index is 10.6. The molecule has 1 aromatic carbocycles. The molecule has 0 N–H and O–H groups in total. The van der Waals surface area contributed by atoms with Crippen LogP contribution < -0.4 is 0 Å². The summed E-state index contributed by atoms with van der Waals surface area (Å²) in [5.74, 6) is 0. The van der Waals surface area contributed by atoms with Crippen molar-refractivity contribution >= 4 is 41.0 Å². The molecule has 6 heteroatoms. The fraction of sp³-hybridized carbons (Fsp3) is 0.100. The molecule has 2 aromatic rings. The molecule has 0 saturated heterocycles. The summed E-state index contributed by atoms with van der Waals surface area (Å²) in [5, 5.41) is 9.32. The maximum Gasteiger partial charge on any atom is 0.179 e. The minimum absolute atomic E-state index is 0.459. The number of aromatic nitrogens is 2. The van der Waals surface area contributed by atoms with Gasteiger partial charge in [0.2, 0.25) is 0 Å². The molecule has 0 radical (unpaired) electrons. The molecule has 3 nitrogen and oxygen atoms in total. The van der Waals surface area contributed by atoms with Crippen molar-refractivity contribution in [2.45, 2.75) is 16.2 Å². The fourth-order valence-corrected chi connectivity index (χ4v) is 3.21. The van der Waals surface area contributed by atoms with Crippen LogP contribution in [0.15, 0.2) is 27.4 Å². The number of hydrogen-bond acceptors (Lipinski definition) is 5. The number of nitrogens with zero attached hydrogens (tertiary/aromatic N) is 2. The van der Waals surface area contributed by atoms with E-state index in [1.165, 1.54) is 23.1 Å². The van der Waals surface area contributed by atoms with Crippen LogP contribution in [0.3, 0.4) is 0 Å². The molecule has 0 atom stereocenters. The number of aryl methyl sites for hydroxylation is 1. The van der Waals surface area contributed by atoms with Gasteiger partial charge in [-0.25, -0.2) is 0 Å². The number of benzene rings is 1. The molecule has 0 fully saturated rings. The Morgan fingerprint density at radius 3 is 2.81 bits per heavy atom. The number of halogens is 1. The van der Waals surface area contributed by atoms with E-state index in [4.69, 9.17) is 11.6 Å². The summed E-state index contributed by atoms with van der Waals surface area (Å²) in [6.07, 6.45) is 0.742. The average Bonchev–Trinajstić information content (AvgIpc) is 2.64. The summed E-state index contributed by atoms with van der Waals surface area (Å²) in [5.41, 5.74) is 0.500. The van der Waals surface area contributed by atoms with Crippen molar-refractivity contribution in [3.05, 3.63) is 33.8 Å². The minimum atomic E-state index is 0.459. The predicted octanol–water partition coefficient (Wildman–Crippen LogP) is 3.46. The van der Waals surface area contributed by atoms with Gasteiger partial charge < -0.3 is 0 Å². The third-order valence-corrected chi connectivity index (χ3v) is 4.02. The van der Waals surface area contributed by atoms with E-state index in [2.05, 4.69) is 10.2 Å². The summed E-state index contributed by atoms with van der Waals surface area (Å²) in [6, 6.07) is 5.30. The molecule has 0 amide bonds. The molecular weight excluding hydrogens is 264 g/mol. The van der Waals surface area contributed by atoms with Gasteiger partial charge in [-0.2, -0.15) is 0 Å². The van der Waals surface area contributed by atoms with Crippen molar-refractivity contribution in [3.8, 4) is 0 Å². The predicted molar refractivity (Wildman–Crippen MR) is 65.6 cm³/mol. The molecule has 1 heterocycles. The first kappa shape index (κ1) is 11.6. The first-order chi connectivity index (χ1) is 7.69. The van der Waals surface area contributed by atoms with Crippen molar-refractivity contribution in [3.63, 3.8) is 0 Å². The lowest BCUT2D eigenvalue weighted by Crippen LogP contribution is -1.82. The fourth-order valence-electron chi connectivity index (χ4n) is 1.09. The van der Waals surface area contributed by atoms with Gasteiger partial charge in [-0.1, -0.05) is 34.7 Å². The zero-order chi connectivity index (χ0) is 11.5. The summed E-state index contributed by atoms with van der Waals surface area (Å²) < 4.78 is 0.868. The lowest BCUT2D eigenvalue weighted by atomic mass is 10.2. The van der Waals surface area contributed by atoms with Crippen LogP contribution in [0.2, 0.25) is 5.02 Å². The molecule has 0 spiro atoms. The Bertz CT molecular complexity index is 527. The number of aldehydes is 1. The molecule has 1 aromatic heterocycles. The molecule has 16 heavy (non-hydrogen) atoms. The summed E-state index contributed by atoms with van der Waals surface area (Å²) in [6.45, 7) is 1.91. The number of hydrogen-bond donors (Lipinski definition) is 0. The molecule has 2 rings (SSSR count). The Morgan fingerprint density at radius 1 is 1.44 bits per heavy atom. The van der Waals surface area contributed by atoms with Gasteiger partial charge in [-0.15, -0.1) is 10.2 Å². The number of carbonyl (C=O) groups excluding carboxylic acids is 1. The van der Waals surface area contributed by atoms with Crippen LogP contribution in [0.5, 0.6) is 0 Å². The molecule has 0 aliphatic rings. The lowest BCUT2D eigenvalue weighted by molar-refractivity contribution is 0.112. The van der Waals surface area contributed by atoms with E-state index in [0.717, 1.165) is 20.5 Å². The molecule has 82 valence electrons. The Hall–Kier alpha value is -0.910. The van der Waals surface area contributed by atoms with E-state index in [0.29, 0.717) is 10.6 Å². The quantitative estimate of drug-likeness (QED) is 0.801. The SMILES string of the molecule is Cc1nnc(Sc2ccc(C=O)c(Cl)c2)s1. The first-order valence-electron chi connectivity index (χ1n) is 4.42. The van der Waals surface area contributed by atoms with E-state index >= 15 is 0 Å². The standard InChI is InChI=1S/C10H7ClN2OS2/c1-6-12-13-10(15-6)16-8-3-2-7(5-14)9(11)4-8/h2-5H,1H3. The monoisotopic (exact) mass is 270 g/mol. The second-order valence-electron chi connectivity index (χ2n) is 2.99. The van der Waals surface area contributed by atoms with E-state index in [-0.39, 0.29) is 0 Å². The number of carbonyl (C=O) groups is 1. The minimum Gasteiger partial charge on any atom is -0.298 e. The van der Waals surface area contributed by atoms with Gasteiger partial charge in [0.15, 0.2) is 10.6 Å². The number of rotatable bonds is 3. The molecule has 0 saturated carbocycles. The van der Waals surface area contributed by atoms with Gasteiger partial charge in [0.25, 0.3) is 0 Å².